The van der Waals surface area contributed by atoms with E-state index in [0.29, 0.717) is 12.1 Å². The maximum atomic E-state index is 12.7. The van der Waals surface area contributed by atoms with E-state index in [1.54, 1.807) is 0 Å². The number of nitrogens with zero attached hydrogens (tertiary/aromatic N) is 2. The van der Waals surface area contributed by atoms with Gasteiger partial charge in [-0.1, -0.05) is 48.5 Å². The van der Waals surface area contributed by atoms with Gasteiger partial charge >= 0.3 is 0 Å². The van der Waals surface area contributed by atoms with Gasteiger partial charge in [0.1, 0.15) is 0 Å². The Morgan fingerprint density at radius 2 is 1.62 bits per heavy atom. The fourth-order valence-electron chi connectivity index (χ4n) is 4.09. The average Bonchev–Trinajstić information content (AvgIpc) is 3.09. The first kappa shape index (κ1) is 22.0. The fourth-order valence-corrected chi connectivity index (χ4v) is 4.87. The van der Waals surface area contributed by atoms with Gasteiger partial charge in [-0.3, -0.25) is 4.79 Å². The standard InChI is InChI=1S/C25H27N3O3S/c1-3-28-23-12-8-7-11-21(23)22-17-20(13-14-24(22)28)26-25(29)18-27(32(2,30)31)16-15-19-9-5-4-6-10-19/h4-14,17H,3,15-16,18H2,1-2H3,(H,26,29). The van der Waals surface area contributed by atoms with Gasteiger partial charge in [-0.2, -0.15) is 4.31 Å². The Morgan fingerprint density at radius 3 is 2.34 bits per heavy atom. The van der Waals surface area contributed by atoms with Crippen LogP contribution in [0, 0.1) is 0 Å². The van der Waals surface area contributed by atoms with Crippen molar-refractivity contribution in [3.63, 3.8) is 0 Å². The minimum absolute atomic E-state index is 0.222. The van der Waals surface area contributed by atoms with Crippen molar-refractivity contribution in [2.24, 2.45) is 0 Å². The molecular weight excluding hydrogens is 422 g/mol. The van der Waals surface area contributed by atoms with E-state index < -0.39 is 10.0 Å². The van der Waals surface area contributed by atoms with Crippen molar-refractivity contribution in [3.05, 3.63) is 78.4 Å². The van der Waals surface area contributed by atoms with Crippen LogP contribution in [0.3, 0.4) is 0 Å². The number of anilines is 1. The molecule has 3 aromatic carbocycles. The lowest BCUT2D eigenvalue weighted by Crippen LogP contribution is -2.38. The van der Waals surface area contributed by atoms with E-state index in [4.69, 9.17) is 0 Å². The van der Waals surface area contributed by atoms with E-state index in [-0.39, 0.29) is 19.0 Å². The molecule has 166 valence electrons. The number of carbonyl (C=O) groups is 1. The first-order valence-corrected chi connectivity index (χ1v) is 12.5. The molecule has 0 aliphatic heterocycles. The fraction of sp³-hybridized carbons (Fsp3) is 0.240. The topological polar surface area (TPSA) is 71.4 Å². The molecule has 32 heavy (non-hydrogen) atoms. The third-order valence-corrected chi connectivity index (χ3v) is 6.90. The lowest BCUT2D eigenvalue weighted by atomic mass is 10.1. The first-order chi connectivity index (χ1) is 15.4. The smallest absolute Gasteiger partial charge is 0.239 e. The third-order valence-electron chi connectivity index (χ3n) is 5.65. The van der Waals surface area contributed by atoms with Gasteiger partial charge in [0.15, 0.2) is 0 Å². The molecule has 0 radical (unpaired) electrons. The lowest BCUT2D eigenvalue weighted by Gasteiger charge is -2.19. The van der Waals surface area contributed by atoms with Crippen LogP contribution in [0.15, 0.2) is 72.8 Å². The summed E-state index contributed by atoms with van der Waals surface area (Å²) in [6, 6.07) is 23.6. The molecule has 1 N–H and O–H groups in total. The maximum Gasteiger partial charge on any atom is 0.239 e. The van der Waals surface area contributed by atoms with E-state index >= 15 is 0 Å². The zero-order chi connectivity index (χ0) is 22.7. The number of aromatic nitrogens is 1. The second kappa shape index (κ2) is 9.14. The van der Waals surface area contributed by atoms with Crippen LogP contribution in [0.1, 0.15) is 12.5 Å². The van der Waals surface area contributed by atoms with Gasteiger partial charge in [0.2, 0.25) is 15.9 Å². The minimum Gasteiger partial charge on any atom is -0.341 e. The van der Waals surface area contributed by atoms with Gasteiger partial charge in [-0.25, -0.2) is 8.42 Å². The highest BCUT2D eigenvalue weighted by Crippen LogP contribution is 2.31. The van der Waals surface area contributed by atoms with Gasteiger partial charge in [0.05, 0.1) is 12.8 Å². The monoisotopic (exact) mass is 449 g/mol. The highest BCUT2D eigenvalue weighted by atomic mass is 32.2. The SMILES string of the molecule is CCn1c2ccccc2c2cc(NC(=O)CN(CCc3ccccc3)S(C)(=O)=O)ccc21. The van der Waals surface area contributed by atoms with E-state index in [1.165, 1.54) is 4.31 Å². The van der Waals surface area contributed by atoms with Crippen LogP contribution in [0.4, 0.5) is 5.69 Å². The van der Waals surface area contributed by atoms with Gasteiger partial charge in [0.25, 0.3) is 0 Å². The quantitative estimate of drug-likeness (QED) is 0.437. The Kier molecular flexibility index (Phi) is 6.30. The number of hydrogen-bond acceptors (Lipinski definition) is 3. The molecule has 0 spiro atoms. The van der Waals surface area contributed by atoms with Crippen LogP contribution in [-0.2, 0) is 27.8 Å². The molecule has 0 saturated heterocycles. The largest absolute Gasteiger partial charge is 0.341 e. The molecule has 0 aliphatic rings. The van der Waals surface area contributed by atoms with Crippen molar-refractivity contribution in [1.82, 2.24) is 8.87 Å². The van der Waals surface area contributed by atoms with Crippen molar-refractivity contribution in [1.29, 1.82) is 0 Å². The minimum atomic E-state index is -3.52. The Balaban J connectivity index is 1.52. The Morgan fingerprint density at radius 1 is 0.938 bits per heavy atom. The number of rotatable bonds is 8. The van der Waals surface area contributed by atoms with Crippen LogP contribution < -0.4 is 5.32 Å². The van der Waals surface area contributed by atoms with Crippen molar-refractivity contribution in [2.45, 2.75) is 19.9 Å². The molecule has 0 bridgehead atoms. The molecule has 6 nitrogen and oxygen atoms in total. The Labute approximate surface area is 188 Å². The molecule has 0 unspecified atom stereocenters. The van der Waals surface area contributed by atoms with Crippen LogP contribution in [0.25, 0.3) is 21.8 Å². The van der Waals surface area contributed by atoms with Crippen molar-refractivity contribution < 1.29 is 13.2 Å². The number of benzene rings is 3. The molecule has 0 aliphatic carbocycles. The van der Waals surface area contributed by atoms with Crippen LogP contribution in [0.2, 0.25) is 0 Å². The molecule has 4 rings (SSSR count). The van der Waals surface area contributed by atoms with Crippen molar-refractivity contribution >= 4 is 43.4 Å². The highest BCUT2D eigenvalue weighted by molar-refractivity contribution is 7.88. The first-order valence-electron chi connectivity index (χ1n) is 10.7. The second-order valence-corrected chi connectivity index (χ2v) is 9.86. The predicted octanol–water partition coefficient (Wildman–Crippen LogP) is 4.26. The zero-order valence-corrected chi connectivity index (χ0v) is 19.1. The van der Waals surface area contributed by atoms with Gasteiger partial charge < -0.3 is 9.88 Å². The lowest BCUT2D eigenvalue weighted by molar-refractivity contribution is -0.116. The number of carbonyl (C=O) groups excluding carboxylic acids is 1. The Hall–Kier alpha value is -3.16. The van der Waals surface area contributed by atoms with Crippen molar-refractivity contribution in [2.75, 3.05) is 24.7 Å². The van der Waals surface area contributed by atoms with E-state index in [9.17, 15) is 13.2 Å². The number of para-hydroxylation sites is 1. The summed E-state index contributed by atoms with van der Waals surface area (Å²) < 4.78 is 27.9. The molecule has 7 heteroatoms. The molecule has 1 aromatic heterocycles. The molecule has 1 amide bonds. The molecule has 0 fully saturated rings. The molecule has 4 aromatic rings. The summed E-state index contributed by atoms with van der Waals surface area (Å²) in [5.74, 6) is -0.359. The third kappa shape index (κ3) is 4.69. The number of aryl methyl sites for hydroxylation is 1. The second-order valence-electron chi connectivity index (χ2n) is 7.87. The predicted molar refractivity (Wildman–Crippen MR) is 130 cm³/mol. The summed E-state index contributed by atoms with van der Waals surface area (Å²) in [6.07, 6.45) is 1.68. The molecule has 0 atom stereocenters. The van der Waals surface area contributed by atoms with Gasteiger partial charge in [-0.15, -0.1) is 0 Å². The maximum absolute atomic E-state index is 12.7. The number of amides is 1. The number of fused-ring (bicyclic) bond motifs is 3. The van der Waals surface area contributed by atoms with E-state index in [2.05, 4.69) is 28.9 Å². The molecular formula is C25H27N3O3S. The molecule has 1 heterocycles. The highest BCUT2D eigenvalue weighted by Gasteiger charge is 2.20. The Bertz CT molecular complexity index is 1360. The zero-order valence-electron chi connectivity index (χ0n) is 18.3. The normalized spacial score (nSPS) is 12.0. The summed E-state index contributed by atoms with van der Waals surface area (Å²) in [5, 5.41) is 5.06. The van der Waals surface area contributed by atoms with Crippen LogP contribution in [0.5, 0.6) is 0 Å². The van der Waals surface area contributed by atoms with Gasteiger partial charge in [-0.05, 0) is 43.2 Å². The average molecular weight is 450 g/mol. The summed E-state index contributed by atoms with van der Waals surface area (Å²) in [6.45, 7) is 2.98. The summed E-state index contributed by atoms with van der Waals surface area (Å²) in [4.78, 5) is 12.7. The van der Waals surface area contributed by atoms with Gasteiger partial charge in [0, 0.05) is 40.6 Å². The van der Waals surface area contributed by atoms with E-state index in [1.807, 2.05) is 60.7 Å². The molecule has 0 saturated carbocycles. The number of nitrogens with one attached hydrogen (secondary N) is 1. The summed E-state index contributed by atoms with van der Waals surface area (Å²) in [7, 11) is -3.52. The summed E-state index contributed by atoms with van der Waals surface area (Å²) in [5.41, 5.74) is 3.93. The van der Waals surface area contributed by atoms with E-state index in [0.717, 1.165) is 40.2 Å². The van der Waals surface area contributed by atoms with Crippen LogP contribution in [-0.4, -0.2) is 42.5 Å². The van der Waals surface area contributed by atoms with Crippen molar-refractivity contribution in [3.8, 4) is 0 Å². The summed E-state index contributed by atoms with van der Waals surface area (Å²) >= 11 is 0. The number of hydrogen-bond donors (Lipinski definition) is 1. The number of sulfonamides is 1. The van der Waals surface area contributed by atoms with Crippen LogP contribution >= 0.6 is 0 Å².